The fraction of sp³-hybridized carbons (Fsp3) is 0.769. The molecule has 0 aliphatic rings. The van der Waals surface area contributed by atoms with Crippen LogP contribution in [0.2, 0.25) is 0 Å². The first-order chi connectivity index (χ1) is 10.9. The molecule has 0 spiro atoms. The lowest BCUT2D eigenvalue weighted by Gasteiger charge is -2.29. The molecule has 0 fully saturated rings. The van der Waals surface area contributed by atoms with Gasteiger partial charge in [0.1, 0.15) is 20.2 Å². The molecule has 0 aromatic heterocycles. The molecule has 10 heteroatoms. The van der Waals surface area contributed by atoms with Gasteiger partial charge in [0.25, 0.3) is 0 Å². The van der Waals surface area contributed by atoms with E-state index in [1.807, 2.05) is 0 Å². The summed E-state index contributed by atoms with van der Waals surface area (Å²) in [4.78, 5) is 34.3. The van der Waals surface area contributed by atoms with Gasteiger partial charge >= 0.3 is 0 Å². The monoisotopic (exact) mass is 334 g/mol. The topological polar surface area (TPSA) is 174 Å². The maximum absolute atomic E-state index is 11.4. The van der Waals surface area contributed by atoms with Crippen molar-refractivity contribution in [3.8, 4) is 0 Å². The van der Waals surface area contributed by atoms with Crippen LogP contribution in [0.15, 0.2) is 0 Å². The molecule has 0 heterocycles. The van der Waals surface area contributed by atoms with Gasteiger partial charge in [0.05, 0.1) is 0 Å². The van der Waals surface area contributed by atoms with Crippen LogP contribution in [0.1, 0.15) is 38.5 Å². The Labute approximate surface area is 134 Å². The molecule has 0 saturated carbocycles. The van der Waals surface area contributed by atoms with Crippen LogP contribution in [-0.4, -0.2) is 58.8 Å². The zero-order valence-electron chi connectivity index (χ0n) is 13.0. The van der Waals surface area contributed by atoms with E-state index in [1.54, 1.807) is 0 Å². The second-order valence-corrected chi connectivity index (χ2v) is 5.14. The number of nitrogens with one attached hydrogen (secondary N) is 3. The summed E-state index contributed by atoms with van der Waals surface area (Å²) in [6.45, 7) is -1.43. The summed E-state index contributed by atoms with van der Waals surface area (Å²) in [6, 6.07) is 0. The molecule has 0 aromatic carbocycles. The fourth-order valence-electron chi connectivity index (χ4n) is 1.99. The van der Waals surface area contributed by atoms with Crippen LogP contribution in [0.4, 0.5) is 0 Å². The van der Waals surface area contributed by atoms with Crippen molar-refractivity contribution in [3.63, 3.8) is 0 Å². The number of amides is 3. The molecule has 10 nitrogen and oxygen atoms in total. The molecule has 8 N–H and O–H groups in total. The van der Waals surface area contributed by atoms with E-state index in [-0.39, 0.29) is 56.2 Å². The lowest BCUT2D eigenvalue weighted by atomic mass is 9.84. The van der Waals surface area contributed by atoms with Gasteiger partial charge in [0, 0.05) is 24.8 Å². The summed E-state index contributed by atoms with van der Waals surface area (Å²) in [5, 5.41) is 32.5. The summed E-state index contributed by atoms with van der Waals surface area (Å²) >= 11 is 0. The molecule has 0 unspecified atom stereocenters. The van der Waals surface area contributed by atoms with Crippen molar-refractivity contribution in [1.29, 1.82) is 0 Å². The van der Waals surface area contributed by atoms with Gasteiger partial charge in [-0.25, -0.2) is 0 Å². The van der Waals surface area contributed by atoms with Crippen molar-refractivity contribution >= 4 is 17.7 Å². The standard InChI is InChI=1S/C13H26N4O6/c14-13(4-1-10(21)15-7-18,5-2-11(22)16-8-19)6-3-12(23)17-9-20/h18-20H,1-9,14H2,(H,15,21)(H,16,22)(H,17,23). The highest BCUT2D eigenvalue weighted by Gasteiger charge is 2.27. The molecule has 0 rings (SSSR count). The number of rotatable bonds is 12. The zero-order valence-corrected chi connectivity index (χ0v) is 13.0. The van der Waals surface area contributed by atoms with E-state index in [0.29, 0.717) is 0 Å². The first-order valence-electron chi connectivity index (χ1n) is 7.28. The summed E-state index contributed by atoms with van der Waals surface area (Å²) in [5.41, 5.74) is 5.27. The van der Waals surface area contributed by atoms with Gasteiger partial charge < -0.3 is 37.0 Å². The first kappa shape index (κ1) is 21.2. The van der Waals surface area contributed by atoms with Gasteiger partial charge in [-0.2, -0.15) is 0 Å². The maximum Gasteiger partial charge on any atom is 0.221 e. The Morgan fingerprint density at radius 3 is 1.17 bits per heavy atom. The predicted molar refractivity (Wildman–Crippen MR) is 80.3 cm³/mol. The Morgan fingerprint density at radius 2 is 0.957 bits per heavy atom. The average Bonchev–Trinajstić information content (AvgIpc) is 2.50. The van der Waals surface area contributed by atoms with Gasteiger partial charge in [-0.05, 0) is 19.3 Å². The normalized spacial score (nSPS) is 11.0. The fourth-order valence-corrected chi connectivity index (χ4v) is 1.99. The molecule has 3 amide bonds. The van der Waals surface area contributed by atoms with Gasteiger partial charge in [-0.15, -0.1) is 0 Å². The van der Waals surface area contributed by atoms with Crippen LogP contribution in [-0.2, 0) is 14.4 Å². The number of hydrogen-bond donors (Lipinski definition) is 7. The molecule has 0 radical (unpaired) electrons. The van der Waals surface area contributed by atoms with E-state index in [4.69, 9.17) is 21.1 Å². The lowest BCUT2D eigenvalue weighted by molar-refractivity contribution is -0.122. The number of carbonyl (C=O) groups is 3. The van der Waals surface area contributed by atoms with Gasteiger partial charge in [-0.3, -0.25) is 14.4 Å². The molecule has 0 saturated heterocycles. The highest BCUT2D eigenvalue weighted by molar-refractivity contribution is 5.77. The Morgan fingerprint density at radius 1 is 0.696 bits per heavy atom. The minimum Gasteiger partial charge on any atom is -0.377 e. The average molecular weight is 334 g/mol. The molecule has 23 heavy (non-hydrogen) atoms. The summed E-state index contributed by atoms with van der Waals surface area (Å²) in [5.74, 6) is -1.16. The highest BCUT2D eigenvalue weighted by atomic mass is 16.3. The smallest absolute Gasteiger partial charge is 0.221 e. The number of aliphatic hydroxyl groups is 3. The van der Waals surface area contributed by atoms with Crippen molar-refractivity contribution in [3.05, 3.63) is 0 Å². The van der Waals surface area contributed by atoms with Crippen molar-refractivity contribution in [2.75, 3.05) is 20.2 Å². The van der Waals surface area contributed by atoms with E-state index in [0.717, 1.165) is 0 Å². The third-order valence-electron chi connectivity index (χ3n) is 3.38. The number of nitrogens with two attached hydrogens (primary N) is 1. The molecule has 134 valence electrons. The minimum absolute atomic E-state index is 0.0420. The molecular weight excluding hydrogens is 308 g/mol. The third-order valence-corrected chi connectivity index (χ3v) is 3.38. The van der Waals surface area contributed by atoms with Crippen LogP contribution in [0.5, 0.6) is 0 Å². The number of aliphatic hydroxyl groups excluding tert-OH is 3. The van der Waals surface area contributed by atoms with Crippen LogP contribution >= 0.6 is 0 Å². The van der Waals surface area contributed by atoms with E-state index < -0.39 is 25.7 Å². The van der Waals surface area contributed by atoms with Crippen LogP contribution in [0, 0.1) is 0 Å². The van der Waals surface area contributed by atoms with Gasteiger partial charge in [-0.1, -0.05) is 0 Å². The lowest BCUT2D eigenvalue weighted by Crippen LogP contribution is -2.43. The quantitative estimate of drug-likeness (QED) is 0.189. The number of carbonyl (C=O) groups excluding carboxylic acids is 3. The molecule has 0 bridgehead atoms. The molecule has 0 aliphatic heterocycles. The summed E-state index contributed by atoms with van der Waals surface area (Å²) in [6.07, 6.45) is 0.786. The van der Waals surface area contributed by atoms with Crippen LogP contribution < -0.4 is 21.7 Å². The first-order valence-corrected chi connectivity index (χ1v) is 7.28. The third kappa shape index (κ3) is 10.6. The van der Waals surface area contributed by atoms with Crippen molar-refractivity contribution < 1.29 is 29.7 Å². The SMILES string of the molecule is NC(CCC(=O)NCO)(CCC(=O)NCO)CCC(=O)NCO. The van der Waals surface area contributed by atoms with Crippen LogP contribution in [0.25, 0.3) is 0 Å². The Balaban J connectivity index is 4.58. The van der Waals surface area contributed by atoms with Crippen molar-refractivity contribution in [2.24, 2.45) is 5.73 Å². The van der Waals surface area contributed by atoms with E-state index in [1.165, 1.54) is 0 Å². The number of hydrogen-bond acceptors (Lipinski definition) is 7. The summed E-state index contributed by atoms with van der Waals surface area (Å²) < 4.78 is 0. The second-order valence-electron chi connectivity index (χ2n) is 5.14. The van der Waals surface area contributed by atoms with Crippen LogP contribution in [0.3, 0.4) is 0 Å². The Hall–Kier alpha value is -1.75. The van der Waals surface area contributed by atoms with E-state index in [2.05, 4.69) is 16.0 Å². The molecule has 0 aliphatic carbocycles. The zero-order chi connectivity index (χ0) is 17.7. The molecule has 0 aromatic rings. The van der Waals surface area contributed by atoms with Crippen molar-refractivity contribution in [1.82, 2.24) is 16.0 Å². The largest absolute Gasteiger partial charge is 0.377 e. The molecule has 0 atom stereocenters. The summed E-state index contributed by atoms with van der Waals surface area (Å²) in [7, 11) is 0. The predicted octanol–water partition coefficient (Wildman–Crippen LogP) is -2.78. The van der Waals surface area contributed by atoms with Gasteiger partial charge in [0.2, 0.25) is 17.7 Å². The maximum atomic E-state index is 11.4. The second kappa shape index (κ2) is 11.8. The van der Waals surface area contributed by atoms with Gasteiger partial charge in [0.15, 0.2) is 0 Å². The van der Waals surface area contributed by atoms with E-state index in [9.17, 15) is 14.4 Å². The van der Waals surface area contributed by atoms with Crippen molar-refractivity contribution in [2.45, 2.75) is 44.1 Å². The Bertz CT molecular complexity index is 336. The van der Waals surface area contributed by atoms with E-state index >= 15 is 0 Å². The Kier molecular flexibility index (Phi) is 10.9. The highest BCUT2D eigenvalue weighted by Crippen LogP contribution is 2.22. The minimum atomic E-state index is -0.938. The molecular formula is C13H26N4O6.